The van der Waals surface area contributed by atoms with Crippen molar-refractivity contribution in [3.63, 3.8) is 0 Å². The molecule has 3 rings (SSSR count). The summed E-state index contributed by atoms with van der Waals surface area (Å²) < 4.78 is 14.2. The van der Waals surface area contributed by atoms with Crippen LogP contribution in [0.25, 0.3) is 0 Å². The second kappa shape index (κ2) is 4.76. The molecule has 2 aliphatic rings. The lowest BCUT2D eigenvalue weighted by atomic mass is 9.76. The molecule has 2 N–H and O–H groups in total. The Labute approximate surface area is 112 Å². The summed E-state index contributed by atoms with van der Waals surface area (Å²) in [5.41, 5.74) is 4.43. The zero-order valence-electron chi connectivity index (χ0n) is 10.8. The Balaban J connectivity index is 1.80. The number of rotatable bonds is 2. The molecule has 0 radical (unpaired) electrons. The summed E-state index contributed by atoms with van der Waals surface area (Å²) in [7, 11) is 0. The zero-order chi connectivity index (χ0) is 12.6. The largest absolute Gasteiger partial charge is 0.593 e. The Bertz CT molecular complexity index is 441. The average Bonchev–Trinajstić information content (AvgIpc) is 2.66. The van der Waals surface area contributed by atoms with Crippen molar-refractivity contribution in [3.05, 3.63) is 29.3 Å². The van der Waals surface area contributed by atoms with Crippen LogP contribution in [-0.2, 0) is 24.2 Å². The van der Waals surface area contributed by atoms with Crippen molar-refractivity contribution < 1.29 is 4.55 Å². The minimum atomic E-state index is -0.986. The van der Waals surface area contributed by atoms with Crippen LogP contribution >= 0.6 is 0 Å². The van der Waals surface area contributed by atoms with E-state index in [1.165, 1.54) is 36.8 Å². The van der Waals surface area contributed by atoms with Gasteiger partial charge in [0.1, 0.15) is 6.26 Å². The lowest BCUT2D eigenvalue weighted by molar-refractivity contribution is 0.216. The standard InChI is InChI=1S/C14H20N2OS/c1-18(17)16-13-3-2-11-9-14(10-12(11)8-13)4-6-15-7-5-14/h2-3,8,15-16H,4-7,9-10H2,1H3. The van der Waals surface area contributed by atoms with Gasteiger partial charge in [-0.05, 0) is 67.4 Å². The molecule has 1 spiro atoms. The molecule has 1 aromatic carbocycles. The van der Waals surface area contributed by atoms with Crippen LogP contribution in [0.1, 0.15) is 24.0 Å². The van der Waals surface area contributed by atoms with Gasteiger partial charge in [-0.1, -0.05) is 6.07 Å². The van der Waals surface area contributed by atoms with Gasteiger partial charge in [-0.25, -0.2) is 4.72 Å². The van der Waals surface area contributed by atoms with Gasteiger partial charge in [-0.15, -0.1) is 0 Å². The molecular weight excluding hydrogens is 244 g/mol. The number of piperidine rings is 1. The van der Waals surface area contributed by atoms with Gasteiger partial charge in [0.2, 0.25) is 0 Å². The van der Waals surface area contributed by atoms with Crippen LogP contribution in [0.4, 0.5) is 5.69 Å². The van der Waals surface area contributed by atoms with E-state index in [0.717, 1.165) is 18.8 Å². The van der Waals surface area contributed by atoms with Gasteiger partial charge in [-0.2, -0.15) is 0 Å². The molecule has 98 valence electrons. The Morgan fingerprint density at radius 3 is 2.67 bits per heavy atom. The number of anilines is 1. The van der Waals surface area contributed by atoms with Gasteiger partial charge in [0.25, 0.3) is 0 Å². The summed E-state index contributed by atoms with van der Waals surface area (Å²) in [5.74, 6) is 0. The molecule has 3 nitrogen and oxygen atoms in total. The van der Waals surface area contributed by atoms with Crippen molar-refractivity contribution in [2.45, 2.75) is 25.7 Å². The monoisotopic (exact) mass is 264 g/mol. The van der Waals surface area contributed by atoms with Gasteiger partial charge >= 0.3 is 0 Å². The highest BCUT2D eigenvalue weighted by Gasteiger charge is 2.38. The van der Waals surface area contributed by atoms with Crippen molar-refractivity contribution in [3.8, 4) is 0 Å². The summed E-state index contributed by atoms with van der Waals surface area (Å²) in [6.45, 7) is 2.30. The van der Waals surface area contributed by atoms with E-state index in [9.17, 15) is 4.55 Å². The van der Waals surface area contributed by atoms with Crippen molar-refractivity contribution in [2.75, 3.05) is 24.1 Å². The third-order valence-corrected chi connectivity index (χ3v) is 4.79. The maximum absolute atomic E-state index is 11.2. The Morgan fingerprint density at radius 2 is 1.94 bits per heavy atom. The maximum Gasteiger partial charge on any atom is 0.121 e. The van der Waals surface area contributed by atoms with E-state index in [1.54, 1.807) is 6.26 Å². The summed E-state index contributed by atoms with van der Waals surface area (Å²) >= 11 is -0.986. The molecule has 1 aromatic rings. The smallest absolute Gasteiger partial charge is 0.121 e. The van der Waals surface area contributed by atoms with Gasteiger partial charge in [0.05, 0.1) is 17.0 Å². The van der Waals surface area contributed by atoms with Gasteiger partial charge in [0.15, 0.2) is 0 Å². The summed E-state index contributed by atoms with van der Waals surface area (Å²) in [4.78, 5) is 0. The van der Waals surface area contributed by atoms with E-state index in [2.05, 4.69) is 28.2 Å². The molecule has 1 atom stereocenters. The highest BCUT2D eigenvalue weighted by molar-refractivity contribution is 7.92. The molecule has 1 aliphatic carbocycles. The van der Waals surface area contributed by atoms with E-state index >= 15 is 0 Å². The quantitative estimate of drug-likeness (QED) is 0.802. The lowest BCUT2D eigenvalue weighted by Gasteiger charge is -2.33. The minimum Gasteiger partial charge on any atom is -0.593 e. The van der Waals surface area contributed by atoms with E-state index in [4.69, 9.17) is 0 Å². The Kier molecular flexibility index (Phi) is 3.26. The van der Waals surface area contributed by atoms with Crippen molar-refractivity contribution in [1.29, 1.82) is 0 Å². The third-order valence-electron chi connectivity index (χ3n) is 4.26. The fourth-order valence-electron chi connectivity index (χ4n) is 3.37. The SMILES string of the molecule is C[S+]([O-])Nc1ccc2c(c1)CC1(CCNCC1)C2. The fraction of sp³-hybridized carbons (Fsp3) is 0.571. The van der Waals surface area contributed by atoms with Crippen molar-refractivity contribution in [1.82, 2.24) is 5.32 Å². The molecule has 1 heterocycles. The number of benzene rings is 1. The van der Waals surface area contributed by atoms with E-state index < -0.39 is 11.4 Å². The number of fused-ring (bicyclic) bond motifs is 1. The molecule has 1 aliphatic heterocycles. The molecular formula is C14H20N2OS. The highest BCUT2D eigenvalue weighted by Crippen LogP contribution is 2.43. The third kappa shape index (κ3) is 2.37. The highest BCUT2D eigenvalue weighted by atomic mass is 32.2. The minimum absolute atomic E-state index is 0.498. The number of hydrogen-bond donors (Lipinski definition) is 2. The van der Waals surface area contributed by atoms with Gasteiger partial charge < -0.3 is 9.87 Å². The molecule has 1 fully saturated rings. The second-order valence-electron chi connectivity index (χ2n) is 5.64. The summed E-state index contributed by atoms with van der Waals surface area (Å²) in [6, 6.07) is 6.45. The first-order valence-corrected chi connectivity index (χ1v) is 8.15. The molecule has 4 heteroatoms. The Hall–Kier alpha value is -0.710. The van der Waals surface area contributed by atoms with Crippen LogP contribution < -0.4 is 10.0 Å². The van der Waals surface area contributed by atoms with Crippen LogP contribution in [-0.4, -0.2) is 23.9 Å². The number of hydrogen-bond acceptors (Lipinski definition) is 3. The van der Waals surface area contributed by atoms with Crippen molar-refractivity contribution >= 4 is 17.0 Å². The summed E-state index contributed by atoms with van der Waals surface area (Å²) in [6.07, 6.45) is 6.64. The zero-order valence-corrected chi connectivity index (χ0v) is 11.6. The van der Waals surface area contributed by atoms with Crippen molar-refractivity contribution in [2.24, 2.45) is 5.41 Å². The van der Waals surface area contributed by atoms with E-state index in [1.807, 2.05) is 0 Å². The average molecular weight is 264 g/mol. The molecule has 0 saturated carbocycles. The molecule has 0 aromatic heterocycles. The first kappa shape index (κ1) is 12.3. The first-order valence-electron chi connectivity index (χ1n) is 6.60. The van der Waals surface area contributed by atoms with Crippen LogP contribution in [0.15, 0.2) is 18.2 Å². The van der Waals surface area contributed by atoms with Gasteiger partial charge in [-0.3, -0.25) is 0 Å². The second-order valence-corrected chi connectivity index (χ2v) is 6.76. The topological polar surface area (TPSA) is 47.1 Å². The van der Waals surface area contributed by atoms with Crippen LogP contribution in [0.3, 0.4) is 0 Å². The van der Waals surface area contributed by atoms with E-state index in [0.29, 0.717) is 5.41 Å². The molecule has 1 unspecified atom stereocenters. The van der Waals surface area contributed by atoms with E-state index in [-0.39, 0.29) is 0 Å². The maximum atomic E-state index is 11.2. The normalized spacial score (nSPS) is 22.8. The molecule has 1 saturated heterocycles. The molecule has 18 heavy (non-hydrogen) atoms. The van der Waals surface area contributed by atoms with Gasteiger partial charge in [0, 0.05) is 0 Å². The summed E-state index contributed by atoms with van der Waals surface area (Å²) in [5, 5.41) is 3.45. The van der Waals surface area contributed by atoms with Crippen LogP contribution in [0.2, 0.25) is 0 Å². The lowest BCUT2D eigenvalue weighted by Crippen LogP contribution is -2.37. The van der Waals surface area contributed by atoms with Crippen LogP contribution in [0.5, 0.6) is 0 Å². The predicted molar refractivity (Wildman–Crippen MR) is 76.1 cm³/mol. The van der Waals surface area contributed by atoms with Crippen LogP contribution in [0, 0.1) is 5.41 Å². The fourth-order valence-corrected chi connectivity index (χ4v) is 3.83. The molecule has 0 bridgehead atoms. The predicted octanol–water partition coefficient (Wildman–Crippen LogP) is 1.86. The first-order chi connectivity index (χ1) is 8.67. The molecule has 0 amide bonds. The Morgan fingerprint density at radius 1 is 1.22 bits per heavy atom. The number of nitrogens with one attached hydrogen (secondary N) is 2.